The number of carbonyl (C=O) groups excluding carboxylic acids is 1. The summed E-state index contributed by atoms with van der Waals surface area (Å²) in [7, 11) is 3.18. The number of nitro benzene ring substituents is 1. The van der Waals surface area contributed by atoms with Gasteiger partial charge in [0, 0.05) is 29.7 Å². The Balaban J connectivity index is 2.99. The lowest BCUT2D eigenvalue weighted by molar-refractivity contribution is -0.385. The number of halogens is 1. The Bertz CT molecular complexity index is 533. The van der Waals surface area contributed by atoms with Gasteiger partial charge in [0.15, 0.2) is 0 Å². The molecule has 110 valence electrons. The Morgan fingerprint density at radius 1 is 1.55 bits per heavy atom. The zero-order valence-electron chi connectivity index (χ0n) is 11.8. The second-order valence-electron chi connectivity index (χ2n) is 4.65. The van der Waals surface area contributed by atoms with Crippen molar-refractivity contribution in [2.45, 2.75) is 13.8 Å². The van der Waals surface area contributed by atoms with Crippen LogP contribution in [0.4, 0.5) is 11.4 Å². The second-order valence-corrected chi connectivity index (χ2v) is 5.51. The van der Waals surface area contributed by atoms with E-state index < -0.39 is 4.92 Å². The van der Waals surface area contributed by atoms with Crippen LogP contribution in [0, 0.1) is 23.0 Å². The maximum atomic E-state index is 11.4. The van der Waals surface area contributed by atoms with Gasteiger partial charge in [0.1, 0.15) is 0 Å². The third kappa shape index (κ3) is 3.69. The summed E-state index contributed by atoms with van der Waals surface area (Å²) in [5, 5.41) is 10.9. The molecular weight excluding hydrogens is 328 g/mol. The minimum atomic E-state index is -0.416. The molecule has 0 aliphatic rings. The van der Waals surface area contributed by atoms with Crippen molar-refractivity contribution in [3.05, 3.63) is 32.3 Å². The van der Waals surface area contributed by atoms with Crippen LogP contribution in [-0.2, 0) is 9.53 Å². The van der Waals surface area contributed by atoms with E-state index in [2.05, 4.69) is 20.7 Å². The first-order valence-electron chi connectivity index (χ1n) is 6.01. The van der Waals surface area contributed by atoms with Crippen molar-refractivity contribution < 1.29 is 14.5 Å². The minimum absolute atomic E-state index is 0.0649. The number of methoxy groups -OCH3 is 1. The van der Waals surface area contributed by atoms with Gasteiger partial charge in [0.05, 0.1) is 23.6 Å². The van der Waals surface area contributed by atoms with E-state index in [1.807, 2.05) is 11.9 Å². The van der Waals surface area contributed by atoms with Crippen LogP contribution in [0.3, 0.4) is 0 Å². The smallest absolute Gasteiger partial charge is 0.310 e. The SMILES string of the molecule is COC(=O)C(C)CN(C)c1cc(C)c([N+](=O)[O-])cc1Br. The van der Waals surface area contributed by atoms with Crippen LogP contribution in [0.15, 0.2) is 16.6 Å². The van der Waals surface area contributed by atoms with Gasteiger partial charge in [-0.1, -0.05) is 6.92 Å². The molecule has 0 amide bonds. The molecular formula is C13H17BrN2O4. The lowest BCUT2D eigenvalue weighted by Gasteiger charge is -2.23. The molecule has 0 bridgehead atoms. The van der Waals surface area contributed by atoms with E-state index in [9.17, 15) is 14.9 Å². The number of nitro groups is 1. The highest BCUT2D eigenvalue weighted by atomic mass is 79.9. The summed E-state index contributed by atoms with van der Waals surface area (Å²) >= 11 is 3.33. The van der Waals surface area contributed by atoms with Crippen molar-refractivity contribution in [1.29, 1.82) is 0 Å². The molecule has 0 fully saturated rings. The highest BCUT2D eigenvalue weighted by Gasteiger charge is 2.20. The normalized spacial score (nSPS) is 11.8. The zero-order valence-corrected chi connectivity index (χ0v) is 13.4. The Morgan fingerprint density at radius 3 is 2.65 bits per heavy atom. The summed E-state index contributed by atoms with van der Waals surface area (Å²) in [6.45, 7) is 3.92. The van der Waals surface area contributed by atoms with E-state index in [4.69, 9.17) is 0 Å². The average molecular weight is 345 g/mol. The molecule has 7 heteroatoms. The molecule has 0 aromatic heterocycles. The monoisotopic (exact) mass is 344 g/mol. The summed E-state index contributed by atoms with van der Waals surface area (Å²) in [4.78, 5) is 23.7. The van der Waals surface area contributed by atoms with E-state index in [1.54, 1.807) is 19.9 Å². The van der Waals surface area contributed by atoms with Crippen molar-refractivity contribution in [3.8, 4) is 0 Å². The molecule has 0 spiro atoms. The molecule has 6 nitrogen and oxygen atoms in total. The van der Waals surface area contributed by atoms with Crippen LogP contribution in [0.1, 0.15) is 12.5 Å². The first-order chi connectivity index (χ1) is 9.27. The van der Waals surface area contributed by atoms with Crippen LogP contribution < -0.4 is 4.90 Å². The maximum absolute atomic E-state index is 11.4. The number of esters is 1. The van der Waals surface area contributed by atoms with Crippen molar-refractivity contribution in [2.24, 2.45) is 5.92 Å². The molecule has 20 heavy (non-hydrogen) atoms. The number of aryl methyl sites for hydroxylation is 1. The molecule has 1 aromatic carbocycles. The molecule has 0 saturated heterocycles. The molecule has 0 aliphatic carbocycles. The van der Waals surface area contributed by atoms with Crippen LogP contribution in [-0.4, -0.2) is 31.6 Å². The highest BCUT2D eigenvalue weighted by Crippen LogP contribution is 2.32. The van der Waals surface area contributed by atoms with Crippen molar-refractivity contribution in [3.63, 3.8) is 0 Å². The fraction of sp³-hybridized carbons (Fsp3) is 0.462. The number of ether oxygens (including phenoxy) is 1. The molecule has 1 aromatic rings. The predicted octanol–water partition coefficient (Wildman–Crippen LogP) is 2.91. The third-order valence-electron chi connectivity index (χ3n) is 3.02. The Morgan fingerprint density at radius 2 is 2.15 bits per heavy atom. The molecule has 1 atom stereocenters. The number of hydrogen-bond donors (Lipinski definition) is 0. The summed E-state index contributed by atoms with van der Waals surface area (Å²) < 4.78 is 5.31. The van der Waals surface area contributed by atoms with Gasteiger partial charge < -0.3 is 9.64 Å². The number of rotatable bonds is 5. The van der Waals surface area contributed by atoms with Crippen molar-refractivity contribution in [1.82, 2.24) is 0 Å². The van der Waals surface area contributed by atoms with Gasteiger partial charge in [-0.15, -0.1) is 0 Å². The molecule has 0 aliphatic heterocycles. The molecule has 1 rings (SSSR count). The van der Waals surface area contributed by atoms with Gasteiger partial charge >= 0.3 is 5.97 Å². The highest BCUT2D eigenvalue weighted by molar-refractivity contribution is 9.10. The third-order valence-corrected chi connectivity index (χ3v) is 3.66. The van der Waals surface area contributed by atoms with Crippen LogP contribution in [0.25, 0.3) is 0 Å². The van der Waals surface area contributed by atoms with Crippen molar-refractivity contribution >= 4 is 33.3 Å². The predicted molar refractivity (Wildman–Crippen MR) is 80.0 cm³/mol. The molecule has 0 saturated carbocycles. The lowest BCUT2D eigenvalue weighted by Crippen LogP contribution is -2.29. The standard InChI is InChI=1S/C13H17BrN2O4/c1-8-5-12(10(14)6-11(8)16(18)19)15(3)7-9(2)13(17)20-4/h5-6,9H,7H2,1-4H3. The number of nitrogens with zero attached hydrogens (tertiary/aromatic N) is 2. The van der Waals surface area contributed by atoms with Crippen LogP contribution in [0.2, 0.25) is 0 Å². The first-order valence-corrected chi connectivity index (χ1v) is 6.80. The van der Waals surface area contributed by atoms with Crippen LogP contribution in [0.5, 0.6) is 0 Å². The maximum Gasteiger partial charge on any atom is 0.310 e. The molecule has 1 unspecified atom stereocenters. The van der Waals surface area contributed by atoms with Crippen LogP contribution >= 0.6 is 15.9 Å². The summed E-state index contributed by atoms with van der Waals surface area (Å²) in [6, 6.07) is 3.20. The average Bonchev–Trinajstić information content (AvgIpc) is 2.39. The molecule has 0 N–H and O–H groups in total. The minimum Gasteiger partial charge on any atom is -0.469 e. The summed E-state index contributed by atoms with van der Waals surface area (Å²) in [6.07, 6.45) is 0. The number of benzene rings is 1. The summed E-state index contributed by atoms with van der Waals surface area (Å²) in [5.74, 6) is -0.570. The van der Waals surface area contributed by atoms with Gasteiger partial charge in [0.25, 0.3) is 5.69 Å². The largest absolute Gasteiger partial charge is 0.469 e. The van der Waals surface area contributed by atoms with E-state index in [-0.39, 0.29) is 17.6 Å². The van der Waals surface area contributed by atoms with E-state index in [1.165, 1.54) is 13.2 Å². The van der Waals surface area contributed by atoms with Gasteiger partial charge in [-0.3, -0.25) is 14.9 Å². The number of carbonyl (C=O) groups is 1. The lowest BCUT2D eigenvalue weighted by atomic mass is 10.1. The quantitative estimate of drug-likeness (QED) is 0.466. The summed E-state index contributed by atoms with van der Waals surface area (Å²) in [5.41, 5.74) is 1.43. The van der Waals surface area contributed by atoms with E-state index in [0.717, 1.165) is 5.69 Å². The van der Waals surface area contributed by atoms with E-state index in [0.29, 0.717) is 16.6 Å². The van der Waals surface area contributed by atoms with Gasteiger partial charge in [0.2, 0.25) is 0 Å². The Hall–Kier alpha value is -1.63. The van der Waals surface area contributed by atoms with Crippen molar-refractivity contribution in [2.75, 3.05) is 25.6 Å². The number of anilines is 1. The van der Waals surface area contributed by atoms with Gasteiger partial charge in [-0.2, -0.15) is 0 Å². The van der Waals surface area contributed by atoms with E-state index >= 15 is 0 Å². The molecule has 0 heterocycles. The molecule has 0 radical (unpaired) electrons. The topological polar surface area (TPSA) is 72.7 Å². The fourth-order valence-electron chi connectivity index (χ4n) is 1.93. The fourth-order valence-corrected chi connectivity index (χ4v) is 2.56. The van der Waals surface area contributed by atoms with Gasteiger partial charge in [-0.05, 0) is 28.9 Å². The second kappa shape index (κ2) is 6.69. The zero-order chi connectivity index (χ0) is 15.4. The Labute approximate surface area is 126 Å². The first kappa shape index (κ1) is 16.4. The van der Waals surface area contributed by atoms with Gasteiger partial charge in [-0.25, -0.2) is 0 Å². The number of hydrogen-bond acceptors (Lipinski definition) is 5. The Kier molecular flexibility index (Phi) is 5.50.